The lowest BCUT2D eigenvalue weighted by Gasteiger charge is -2.25. The number of carbonyl (C=O) groups is 1. The maximum Gasteiger partial charge on any atom is 0.224 e. The molecule has 1 amide bonds. The normalized spacial score (nSPS) is 15.7. The standard InChI is InChI=1S/C26H30N4O2/c1-19-4-8-22(9-5-19)30-18-21-17-29(14-12-24(21)28-30)13-2-3-15-32-23-10-6-20-7-11-26(31)27-25(20)16-23/h4-6,8-10,16,18H,2-3,7,11-15,17H2,1H3,(H,27,31). The molecule has 6 heteroatoms. The van der Waals surface area contributed by atoms with Crippen LogP contribution in [-0.2, 0) is 24.2 Å². The minimum absolute atomic E-state index is 0.0868. The lowest BCUT2D eigenvalue weighted by atomic mass is 10.0. The zero-order chi connectivity index (χ0) is 21.9. The minimum atomic E-state index is 0.0868. The summed E-state index contributed by atoms with van der Waals surface area (Å²) in [6.07, 6.45) is 6.68. The van der Waals surface area contributed by atoms with E-state index in [9.17, 15) is 4.79 Å². The van der Waals surface area contributed by atoms with E-state index in [1.54, 1.807) is 0 Å². The van der Waals surface area contributed by atoms with E-state index in [-0.39, 0.29) is 5.91 Å². The summed E-state index contributed by atoms with van der Waals surface area (Å²) < 4.78 is 7.95. The molecule has 0 spiro atoms. The highest BCUT2D eigenvalue weighted by Gasteiger charge is 2.20. The number of aryl methyl sites for hydroxylation is 2. The van der Waals surface area contributed by atoms with Crippen LogP contribution in [0.15, 0.2) is 48.7 Å². The first-order chi connectivity index (χ1) is 15.6. The first-order valence-corrected chi connectivity index (χ1v) is 11.6. The molecule has 32 heavy (non-hydrogen) atoms. The van der Waals surface area contributed by atoms with Gasteiger partial charge in [-0.15, -0.1) is 0 Å². The van der Waals surface area contributed by atoms with E-state index in [1.165, 1.54) is 22.4 Å². The Morgan fingerprint density at radius 1 is 1.03 bits per heavy atom. The number of hydrogen-bond acceptors (Lipinski definition) is 4. The van der Waals surface area contributed by atoms with Crippen LogP contribution in [0.4, 0.5) is 5.69 Å². The number of anilines is 1. The van der Waals surface area contributed by atoms with Crippen LogP contribution in [0.25, 0.3) is 5.69 Å². The van der Waals surface area contributed by atoms with Gasteiger partial charge in [-0.1, -0.05) is 23.8 Å². The quantitative estimate of drug-likeness (QED) is 0.569. The van der Waals surface area contributed by atoms with Crippen LogP contribution in [-0.4, -0.2) is 40.3 Å². The summed E-state index contributed by atoms with van der Waals surface area (Å²) in [5.74, 6) is 0.917. The molecule has 0 unspecified atom stereocenters. The molecule has 0 saturated heterocycles. The Morgan fingerprint density at radius 2 is 1.91 bits per heavy atom. The highest BCUT2D eigenvalue weighted by molar-refractivity contribution is 5.94. The number of ether oxygens (including phenoxy) is 1. The molecule has 1 aromatic heterocycles. The summed E-state index contributed by atoms with van der Waals surface area (Å²) >= 11 is 0. The topological polar surface area (TPSA) is 59.4 Å². The molecule has 2 aromatic carbocycles. The predicted octanol–water partition coefficient (Wildman–Crippen LogP) is 4.28. The van der Waals surface area contributed by atoms with E-state index in [0.717, 1.165) is 62.4 Å². The molecular weight excluding hydrogens is 400 g/mol. The van der Waals surface area contributed by atoms with E-state index in [2.05, 4.69) is 53.7 Å². The van der Waals surface area contributed by atoms with Gasteiger partial charge in [0.15, 0.2) is 0 Å². The monoisotopic (exact) mass is 430 g/mol. The Morgan fingerprint density at radius 3 is 2.78 bits per heavy atom. The van der Waals surface area contributed by atoms with Gasteiger partial charge in [0, 0.05) is 49.4 Å². The number of nitrogens with zero attached hydrogens (tertiary/aromatic N) is 3. The number of amides is 1. The first-order valence-electron chi connectivity index (χ1n) is 11.6. The zero-order valence-electron chi connectivity index (χ0n) is 18.6. The molecule has 2 aliphatic rings. The Balaban J connectivity index is 1.08. The number of benzene rings is 2. The number of aromatic nitrogens is 2. The van der Waals surface area contributed by atoms with Crippen molar-refractivity contribution in [3.8, 4) is 11.4 Å². The summed E-state index contributed by atoms with van der Waals surface area (Å²) in [7, 11) is 0. The molecule has 0 saturated carbocycles. The molecule has 6 nitrogen and oxygen atoms in total. The van der Waals surface area contributed by atoms with Crippen molar-refractivity contribution in [1.82, 2.24) is 14.7 Å². The van der Waals surface area contributed by atoms with Gasteiger partial charge in [0.1, 0.15) is 5.75 Å². The molecule has 0 fully saturated rings. The Hall–Kier alpha value is -3.12. The molecule has 1 N–H and O–H groups in total. The fourth-order valence-electron chi connectivity index (χ4n) is 4.46. The van der Waals surface area contributed by atoms with Gasteiger partial charge in [0.25, 0.3) is 0 Å². The van der Waals surface area contributed by atoms with E-state index >= 15 is 0 Å². The van der Waals surface area contributed by atoms with Crippen molar-refractivity contribution in [2.45, 2.75) is 45.6 Å². The number of hydrogen-bond donors (Lipinski definition) is 1. The van der Waals surface area contributed by atoms with Gasteiger partial charge < -0.3 is 10.1 Å². The van der Waals surface area contributed by atoms with Crippen LogP contribution in [0, 0.1) is 6.92 Å². The number of unbranched alkanes of at least 4 members (excludes halogenated alkanes) is 1. The zero-order valence-corrected chi connectivity index (χ0v) is 18.6. The lowest BCUT2D eigenvalue weighted by Crippen LogP contribution is -2.31. The van der Waals surface area contributed by atoms with Gasteiger partial charge in [-0.2, -0.15) is 5.10 Å². The first kappa shape index (κ1) is 20.8. The van der Waals surface area contributed by atoms with Gasteiger partial charge in [0.2, 0.25) is 5.91 Å². The number of nitrogens with one attached hydrogen (secondary N) is 1. The lowest BCUT2D eigenvalue weighted by molar-refractivity contribution is -0.116. The third-order valence-corrected chi connectivity index (χ3v) is 6.35. The summed E-state index contributed by atoms with van der Waals surface area (Å²) in [5, 5.41) is 7.74. The number of fused-ring (bicyclic) bond motifs is 2. The average Bonchev–Trinajstić information content (AvgIpc) is 3.22. The Labute approximate surface area is 189 Å². The highest BCUT2D eigenvalue weighted by Crippen LogP contribution is 2.27. The maximum absolute atomic E-state index is 11.6. The van der Waals surface area contributed by atoms with Crippen LogP contribution in [0.1, 0.15) is 41.6 Å². The third-order valence-electron chi connectivity index (χ3n) is 6.35. The van der Waals surface area contributed by atoms with E-state index < -0.39 is 0 Å². The molecule has 3 aromatic rings. The highest BCUT2D eigenvalue weighted by atomic mass is 16.5. The van der Waals surface area contributed by atoms with Gasteiger partial charge in [-0.25, -0.2) is 4.68 Å². The fourth-order valence-corrected chi connectivity index (χ4v) is 4.46. The largest absolute Gasteiger partial charge is 0.494 e. The molecule has 0 bridgehead atoms. The van der Waals surface area contributed by atoms with Gasteiger partial charge in [0.05, 0.1) is 18.0 Å². The SMILES string of the molecule is Cc1ccc(-n2cc3c(n2)CCN(CCCCOc2ccc4c(c2)NC(=O)CC4)C3)cc1. The van der Waals surface area contributed by atoms with Crippen molar-refractivity contribution in [1.29, 1.82) is 0 Å². The number of rotatable bonds is 7. The molecule has 3 heterocycles. The van der Waals surface area contributed by atoms with Crippen LogP contribution in [0.5, 0.6) is 5.75 Å². The molecule has 166 valence electrons. The second-order valence-electron chi connectivity index (χ2n) is 8.83. The predicted molar refractivity (Wildman–Crippen MR) is 125 cm³/mol. The van der Waals surface area contributed by atoms with Crippen LogP contribution in [0.3, 0.4) is 0 Å². The summed E-state index contributed by atoms with van der Waals surface area (Å²) in [6.45, 7) is 5.89. The smallest absolute Gasteiger partial charge is 0.224 e. The van der Waals surface area contributed by atoms with E-state index in [1.807, 2.05) is 16.8 Å². The minimum Gasteiger partial charge on any atom is -0.494 e. The third kappa shape index (κ3) is 4.70. The average molecular weight is 431 g/mol. The van der Waals surface area contributed by atoms with E-state index in [4.69, 9.17) is 9.84 Å². The molecule has 0 radical (unpaired) electrons. The second kappa shape index (κ2) is 9.17. The van der Waals surface area contributed by atoms with Crippen molar-refractivity contribution in [3.63, 3.8) is 0 Å². The molecule has 5 rings (SSSR count). The van der Waals surface area contributed by atoms with Crippen molar-refractivity contribution in [2.24, 2.45) is 0 Å². The number of carbonyl (C=O) groups excluding carboxylic acids is 1. The van der Waals surface area contributed by atoms with E-state index in [0.29, 0.717) is 13.0 Å². The Kier molecular flexibility index (Phi) is 5.95. The van der Waals surface area contributed by atoms with Crippen LogP contribution < -0.4 is 10.1 Å². The fraction of sp³-hybridized carbons (Fsp3) is 0.385. The molecular formula is C26H30N4O2. The molecule has 2 aliphatic heterocycles. The van der Waals surface area contributed by atoms with Crippen molar-refractivity contribution < 1.29 is 9.53 Å². The van der Waals surface area contributed by atoms with Crippen LogP contribution in [0.2, 0.25) is 0 Å². The molecule has 0 aliphatic carbocycles. The summed E-state index contributed by atoms with van der Waals surface area (Å²) in [6, 6.07) is 14.5. The van der Waals surface area contributed by atoms with Gasteiger partial charge >= 0.3 is 0 Å². The van der Waals surface area contributed by atoms with Gasteiger partial charge in [-0.3, -0.25) is 9.69 Å². The van der Waals surface area contributed by atoms with Crippen molar-refractivity contribution in [3.05, 3.63) is 71.0 Å². The maximum atomic E-state index is 11.6. The van der Waals surface area contributed by atoms with Crippen molar-refractivity contribution >= 4 is 11.6 Å². The van der Waals surface area contributed by atoms with Gasteiger partial charge in [-0.05, 0) is 56.5 Å². The second-order valence-corrected chi connectivity index (χ2v) is 8.83. The van der Waals surface area contributed by atoms with Crippen molar-refractivity contribution in [2.75, 3.05) is 25.0 Å². The van der Waals surface area contributed by atoms with Crippen LogP contribution >= 0.6 is 0 Å². The summed E-state index contributed by atoms with van der Waals surface area (Å²) in [4.78, 5) is 14.1. The summed E-state index contributed by atoms with van der Waals surface area (Å²) in [5.41, 5.74) is 7.03. The molecule has 0 atom stereocenters. The Bertz CT molecular complexity index is 1100.